The minimum Gasteiger partial charge on any atom is -0.0622 e. The molecule has 192 valence electrons. The van der Waals surface area contributed by atoms with Crippen LogP contribution >= 0.6 is 0 Å². The Hall–Kier alpha value is -5.20. The third kappa shape index (κ3) is 4.00. The van der Waals surface area contributed by atoms with Gasteiger partial charge in [0.25, 0.3) is 0 Å². The first-order valence-corrected chi connectivity index (χ1v) is 14.3. The molecule has 0 aliphatic rings. The molecule has 8 aromatic carbocycles. The van der Waals surface area contributed by atoms with E-state index in [4.69, 9.17) is 0 Å². The van der Waals surface area contributed by atoms with E-state index in [1.54, 1.807) is 0 Å². The van der Waals surface area contributed by atoms with Crippen LogP contribution in [0, 0.1) is 6.92 Å². The molecule has 0 saturated carbocycles. The molecule has 0 fully saturated rings. The van der Waals surface area contributed by atoms with Gasteiger partial charge in [-0.25, -0.2) is 0 Å². The van der Waals surface area contributed by atoms with Crippen molar-refractivity contribution in [1.29, 1.82) is 0 Å². The predicted molar refractivity (Wildman–Crippen MR) is 177 cm³/mol. The van der Waals surface area contributed by atoms with E-state index in [9.17, 15) is 0 Å². The summed E-state index contributed by atoms with van der Waals surface area (Å²) >= 11 is 0. The first-order chi connectivity index (χ1) is 20.2. The fraction of sp³-hybridized carbons (Fsp3) is 0.0244. The predicted octanol–water partition coefficient (Wildman–Crippen LogP) is 11.6. The standard InChI is InChI=1S/C41H28/c1-27-21-39(36-25-34(29-13-7-3-8-14-29)24-35(26-36)30-15-9-4-10-16-30)38-20-18-32-23-33(28-11-5-2-6-12-28)22-31-17-19-37(27)41(38)40(31)32/h2-26H,1H3. The van der Waals surface area contributed by atoms with Crippen molar-refractivity contribution in [3.8, 4) is 44.5 Å². The molecule has 0 spiro atoms. The van der Waals surface area contributed by atoms with E-state index in [0.717, 1.165) is 0 Å². The molecule has 0 radical (unpaired) electrons. The van der Waals surface area contributed by atoms with Gasteiger partial charge in [0.2, 0.25) is 0 Å². The van der Waals surface area contributed by atoms with Crippen LogP contribution in [0.5, 0.6) is 0 Å². The molecule has 0 aliphatic carbocycles. The van der Waals surface area contributed by atoms with Crippen LogP contribution in [0.3, 0.4) is 0 Å². The van der Waals surface area contributed by atoms with E-state index < -0.39 is 0 Å². The first kappa shape index (κ1) is 23.7. The molecular formula is C41H28. The highest BCUT2D eigenvalue weighted by Crippen LogP contribution is 2.43. The molecule has 0 heteroatoms. The van der Waals surface area contributed by atoms with Gasteiger partial charge in [0.1, 0.15) is 0 Å². The smallest absolute Gasteiger partial charge is 0.00179 e. The second-order valence-electron chi connectivity index (χ2n) is 11.0. The van der Waals surface area contributed by atoms with Gasteiger partial charge in [0.05, 0.1) is 0 Å². The molecule has 8 aromatic rings. The van der Waals surface area contributed by atoms with Gasteiger partial charge in [-0.1, -0.05) is 121 Å². The van der Waals surface area contributed by atoms with Gasteiger partial charge in [0.15, 0.2) is 0 Å². The van der Waals surface area contributed by atoms with Crippen molar-refractivity contribution in [2.75, 3.05) is 0 Å². The van der Waals surface area contributed by atoms with Crippen LogP contribution in [0.15, 0.2) is 152 Å². The molecule has 0 amide bonds. The van der Waals surface area contributed by atoms with Gasteiger partial charge in [-0.15, -0.1) is 0 Å². The van der Waals surface area contributed by atoms with Crippen LogP contribution in [0.25, 0.3) is 76.8 Å². The second-order valence-corrected chi connectivity index (χ2v) is 11.0. The van der Waals surface area contributed by atoms with Crippen LogP contribution in [-0.2, 0) is 0 Å². The monoisotopic (exact) mass is 520 g/mol. The quantitative estimate of drug-likeness (QED) is 0.202. The van der Waals surface area contributed by atoms with Gasteiger partial charge in [-0.3, -0.25) is 0 Å². The average molecular weight is 521 g/mol. The number of aryl methyl sites for hydroxylation is 1. The summed E-state index contributed by atoms with van der Waals surface area (Å²) in [4.78, 5) is 0. The van der Waals surface area contributed by atoms with Gasteiger partial charge >= 0.3 is 0 Å². The van der Waals surface area contributed by atoms with E-state index in [1.807, 2.05) is 0 Å². The fourth-order valence-corrected chi connectivity index (χ4v) is 6.51. The van der Waals surface area contributed by atoms with Crippen molar-refractivity contribution in [3.63, 3.8) is 0 Å². The van der Waals surface area contributed by atoms with Gasteiger partial charge in [-0.05, 0) is 120 Å². The summed E-state index contributed by atoms with van der Waals surface area (Å²) in [7, 11) is 0. The fourth-order valence-electron chi connectivity index (χ4n) is 6.51. The first-order valence-electron chi connectivity index (χ1n) is 14.3. The van der Waals surface area contributed by atoms with Crippen LogP contribution in [0.4, 0.5) is 0 Å². The van der Waals surface area contributed by atoms with E-state index in [2.05, 4.69) is 159 Å². The topological polar surface area (TPSA) is 0 Å². The van der Waals surface area contributed by atoms with Crippen molar-refractivity contribution in [2.24, 2.45) is 0 Å². The largest absolute Gasteiger partial charge is 0.0622 e. The summed E-state index contributed by atoms with van der Waals surface area (Å²) in [5.41, 5.74) is 11.3. The minimum atomic E-state index is 1.23. The Morgan fingerprint density at radius 3 is 1.27 bits per heavy atom. The van der Waals surface area contributed by atoms with E-state index >= 15 is 0 Å². The lowest BCUT2D eigenvalue weighted by molar-refractivity contribution is 1.53. The summed E-state index contributed by atoms with van der Waals surface area (Å²) in [5.74, 6) is 0. The lowest BCUT2D eigenvalue weighted by atomic mass is 9.85. The van der Waals surface area contributed by atoms with Crippen LogP contribution in [0.1, 0.15) is 5.56 Å². The summed E-state index contributed by atoms with van der Waals surface area (Å²) in [6, 6.07) is 55.5. The zero-order valence-corrected chi connectivity index (χ0v) is 22.9. The number of hydrogen-bond donors (Lipinski definition) is 0. The molecule has 0 saturated heterocycles. The second kappa shape index (κ2) is 9.47. The Bertz CT molecular complexity index is 2100. The molecule has 0 aliphatic heterocycles. The summed E-state index contributed by atoms with van der Waals surface area (Å²) in [5, 5.41) is 7.93. The zero-order chi connectivity index (χ0) is 27.3. The number of hydrogen-bond acceptors (Lipinski definition) is 0. The van der Waals surface area contributed by atoms with Crippen LogP contribution < -0.4 is 0 Å². The molecule has 8 rings (SSSR count). The third-order valence-corrected chi connectivity index (χ3v) is 8.49. The highest BCUT2D eigenvalue weighted by Gasteiger charge is 2.16. The SMILES string of the molecule is Cc1cc(-c2cc(-c3ccccc3)cc(-c3ccccc3)c2)c2ccc3cc(-c4ccccc4)cc4ccc1c2c43. The molecule has 0 nitrogen and oxygen atoms in total. The molecule has 41 heavy (non-hydrogen) atoms. The van der Waals surface area contributed by atoms with Gasteiger partial charge in [0, 0.05) is 0 Å². The maximum absolute atomic E-state index is 2.38. The summed E-state index contributed by atoms with van der Waals surface area (Å²) in [6.07, 6.45) is 0. The van der Waals surface area contributed by atoms with E-state index in [0.29, 0.717) is 0 Å². The van der Waals surface area contributed by atoms with Gasteiger partial charge < -0.3 is 0 Å². The summed E-state index contributed by atoms with van der Waals surface area (Å²) < 4.78 is 0. The van der Waals surface area contributed by atoms with E-state index in [1.165, 1.54) is 82.4 Å². The molecule has 0 N–H and O–H groups in total. The summed E-state index contributed by atoms with van der Waals surface area (Å²) in [6.45, 7) is 2.25. The number of rotatable bonds is 4. The van der Waals surface area contributed by atoms with Crippen LogP contribution in [-0.4, -0.2) is 0 Å². The molecular weight excluding hydrogens is 492 g/mol. The van der Waals surface area contributed by atoms with Crippen LogP contribution in [0.2, 0.25) is 0 Å². The Balaban J connectivity index is 1.41. The lowest BCUT2D eigenvalue weighted by Crippen LogP contribution is -1.92. The highest BCUT2D eigenvalue weighted by atomic mass is 14.2. The van der Waals surface area contributed by atoms with Crippen molar-refractivity contribution in [3.05, 3.63) is 157 Å². The van der Waals surface area contributed by atoms with Crippen molar-refractivity contribution in [1.82, 2.24) is 0 Å². The highest BCUT2D eigenvalue weighted by molar-refractivity contribution is 6.26. The molecule has 0 aromatic heterocycles. The molecule has 0 atom stereocenters. The molecule has 0 heterocycles. The zero-order valence-electron chi connectivity index (χ0n) is 22.9. The Morgan fingerprint density at radius 1 is 0.317 bits per heavy atom. The van der Waals surface area contributed by atoms with Gasteiger partial charge in [-0.2, -0.15) is 0 Å². The van der Waals surface area contributed by atoms with Crippen molar-refractivity contribution in [2.45, 2.75) is 6.92 Å². The number of benzene rings is 8. The average Bonchev–Trinajstić information content (AvgIpc) is 3.05. The van der Waals surface area contributed by atoms with Crippen molar-refractivity contribution < 1.29 is 0 Å². The molecule has 0 unspecified atom stereocenters. The Kier molecular flexibility index (Phi) is 5.47. The molecule has 0 bridgehead atoms. The Morgan fingerprint density at radius 2 is 0.756 bits per heavy atom. The maximum atomic E-state index is 2.38. The maximum Gasteiger partial charge on any atom is -0.00179 e. The van der Waals surface area contributed by atoms with E-state index in [-0.39, 0.29) is 0 Å². The Labute approximate surface area is 240 Å². The minimum absolute atomic E-state index is 1.23. The third-order valence-electron chi connectivity index (χ3n) is 8.49. The lowest BCUT2D eigenvalue weighted by Gasteiger charge is -2.18. The normalized spacial score (nSPS) is 11.5. The van der Waals surface area contributed by atoms with Crippen molar-refractivity contribution >= 4 is 32.3 Å².